The summed E-state index contributed by atoms with van der Waals surface area (Å²) < 4.78 is 0. The molecular weight excluding hydrogens is 222 g/mol. The Morgan fingerprint density at radius 1 is 0.889 bits per heavy atom. The molecule has 18 heavy (non-hydrogen) atoms. The van der Waals surface area contributed by atoms with Gasteiger partial charge in [-0.3, -0.25) is 4.99 Å². The van der Waals surface area contributed by atoms with Crippen molar-refractivity contribution < 1.29 is 0 Å². The topological polar surface area (TPSA) is 50.4 Å². The van der Waals surface area contributed by atoms with E-state index in [1.54, 1.807) is 0 Å². The maximum absolute atomic E-state index is 5.78. The molecule has 0 heterocycles. The molecule has 0 bridgehead atoms. The van der Waals surface area contributed by atoms with Crippen LogP contribution in [0, 0.1) is 17.8 Å². The lowest BCUT2D eigenvalue weighted by Gasteiger charge is -2.20. The van der Waals surface area contributed by atoms with Gasteiger partial charge >= 0.3 is 0 Å². The Labute approximate surface area is 111 Å². The third-order valence-corrected chi connectivity index (χ3v) is 4.87. The number of hydrazine groups is 1. The fourth-order valence-corrected chi connectivity index (χ4v) is 3.55. The minimum absolute atomic E-state index is 0.540. The lowest BCUT2D eigenvalue weighted by Crippen LogP contribution is -2.39. The van der Waals surface area contributed by atoms with Crippen LogP contribution < -0.4 is 11.3 Å². The van der Waals surface area contributed by atoms with E-state index >= 15 is 0 Å². The van der Waals surface area contributed by atoms with E-state index in [1.165, 1.54) is 64.2 Å². The smallest absolute Gasteiger partial charge is 0.114 e. The number of nitrogens with one attached hydrogen (secondary N) is 1. The lowest BCUT2D eigenvalue weighted by atomic mass is 9.96. The maximum Gasteiger partial charge on any atom is 0.114 e. The van der Waals surface area contributed by atoms with Crippen molar-refractivity contribution in [3.63, 3.8) is 0 Å². The third-order valence-electron chi connectivity index (χ3n) is 4.87. The van der Waals surface area contributed by atoms with E-state index in [0.717, 1.165) is 17.7 Å². The molecule has 3 heteroatoms. The Bertz CT molecular complexity index is 285. The number of amidine groups is 1. The zero-order valence-electron chi connectivity index (χ0n) is 11.4. The number of nitrogens with zero attached hydrogens (tertiary/aromatic N) is 1. The number of aliphatic imine (C=N–C) groups is 1. The Morgan fingerprint density at radius 2 is 1.44 bits per heavy atom. The van der Waals surface area contributed by atoms with Crippen LogP contribution in [-0.4, -0.2) is 11.9 Å². The molecule has 102 valence electrons. The first kappa shape index (κ1) is 12.5. The molecular formula is C15H27N3. The Morgan fingerprint density at radius 3 is 1.89 bits per heavy atom. The second-order valence-electron chi connectivity index (χ2n) is 6.50. The molecule has 0 atom stereocenters. The van der Waals surface area contributed by atoms with Crippen molar-refractivity contribution in [2.45, 2.75) is 70.3 Å². The second-order valence-corrected chi connectivity index (χ2v) is 6.50. The largest absolute Gasteiger partial charge is 0.312 e. The van der Waals surface area contributed by atoms with Crippen molar-refractivity contribution >= 4 is 5.84 Å². The van der Waals surface area contributed by atoms with Crippen LogP contribution in [0.3, 0.4) is 0 Å². The van der Waals surface area contributed by atoms with E-state index < -0.39 is 0 Å². The van der Waals surface area contributed by atoms with Gasteiger partial charge in [0, 0.05) is 5.92 Å². The first-order valence-corrected chi connectivity index (χ1v) is 7.93. The zero-order valence-corrected chi connectivity index (χ0v) is 11.4. The molecule has 3 fully saturated rings. The van der Waals surface area contributed by atoms with Crippen molar-refractivity contribution in [1.29, 1.82) is 0 Å². The van der Waals surface area contributed by atoms with E-state index in [9.17, 15) is 0 Å². The van der Waals surface area contributed by atoms with Crippen molar-refractivity contribution in [3.05, 3.63) is 0 Å². The standard InChI is InChI=1S/C15H27N3/c16-18-15(14(11-7-8-11)12-9-10-12)17-13-5-3-1-2-4-6-13/h11-14H,1-10,16H2,(H,17,18). The van der Waals surface area contributed by atoms with Crippen LogP contribution in [0.15, 0.2) is 4.99 Å². The third kappa shape index (κ3) is 3.05. The van der Waals surface area contributed by atoms with Gasteiger partial charge in [-0.05, 0) is 50.4 Å². The van der Waals surface area contributed by atoms with Gasteiger partial charge in [0.15, 0.2) is 0 Å². The van der Waals surface area contributed by atoms with Gasteiger partial charge in [-0.15, -0.1) is 0 Å². The summed E-state index contributed by atoms with van der Waals surface area (Å²) in [5.74, 6) is 9.36. The highest BCUT2D eigenvalue weighted by molar-refractivity contribution is 5.85. The molecule has 0 aliphatic heterocycles. The van der Waals surface area contributed by atoms with Gasteiger partial charge in [-0.25, -0.2) is 5.84 Å². The van der Waals surface area contributed by atoms with E-state index in [1.807, 2.05) is 0 Å². The Kier molecular flexibility index (Phi) is 3.88. The quantitative estimate of drug-likeness (QED) is 0.264. The molecule has 3 nitrogen and oxygen atoms in total. The van der Waals surface area contributed by atoms with Crippen LogP contribution in [-0.2, 0) is 0 Å². The summed E-state index contributed by atoms with van der Waals surface area (Å²) >= 11 is 0. The average molecular weight is 249 g/mol. The summed E-state index contributed by atoms with van der Waals surface area (Å²) in [4.78, 5) is 5.02. The van der Waals surface area contributed by atoms with Gasteiger partial charge < -0.3 is 5.43 Å². The van der Waals surface area contributed by atoms with Crippen LogP contribution in [0.4, 0.5) is 0 Å². The van der Waals surface area contributed by atoms with Crippen molar-refractivity contribution in [2.24, 2.45) is 28.6 Å². The van der Waals surface area contributed by atoms with Gasteiger partial charge in [0.1, 0.15) is 5.84 Å². The molecule has 0 amide bonds. The maximum atomic E-state index is 5.78. The summed E-state index contributed by atoms with van der Waals surface area (Å²) in [7, 11) is 0. The number of nitrogens with two attached hydrogens (primary N) is 1. The van der Waals surface area contributed by atoms with Crippen LogP contribution in [0.5, 0.6) is 0 Å². The molecule has 0 spiro atoms. The van der Waals surface area contributed by atoms with Crippen LogP contribution in [0.2, 0.25) is 0 Å². The van der Waals surface area contributed by atoms with Crippen LogP contribution in [0.1, 0.15) is 64.2 Å². The highest BCUT2D eigenvalue weighted by atomic mass is 15.3. The molecule has 3 aliphatic carbocycles. The predicted molar refractivity (Wildman–Crippen MR) is 75.2 cm³/mol. The van der Waals surface area contributed by atoms with E-state index in [2.05, 4.69) is 5.43 Å². The van der Waals surface area contributed by atoms with Gasteiger partial charge in [0.05, 0.1) is 6.04 Å². The minimum Gasteiger partial charge on any atom is -0.312 e. The molecule has 0 unspecified atom stereocenters. The summed E-state index contributed by atoms with van der Waals surface area (Å²) in [5, 5.41) is 0. The number of rotatable bonds is 4. The highest BCUT2D eigenvalue weighted by Gasteiger charge is 2.44. The Balaban J connectivity index is 1.68. The molecule has 0 aromatic carbocycles. The van der Waals surface area contributed by atoms with Crippen molar-refractivity contribution in [3.8, 4) is 0 Å². The lowest BCUT2D eigenvalue weighted by molar-refractivity contribution is 0.503. The molecule has 3 aliphatic rings. The van der Waals surface area contributed by atoms with Crippen LogP contribution in [0.25, 0.3) is 0 Å². The van der Waals surface area contributed by atoms with Gasteiger partial charge in [-0.1, -0.05) is 25.7 Å². The minimum atomic E-state index is 0.540. The first-order valence-electron chi connectivity index (χ1n) is 7.93. The molecule has 3 rings (SSSR count). The number of hydrogen-bond acceptors (Lipinski definition) is 2. The first-order chi connectivity index (χ1) is 8.88. The van der Waals surface area contributed by atoms with Gasteiger partial charge in [0.2, 0.25) is 0 Å². The summed E-state index contributed by atoms with van der Waals surface area (Å²) in [6.45, 7) is 0. The summed E-state index contributed by atoms with van der Waals surface area (Å²) in [6.07, 6.45) is 13.6. The summed E-state index contributed by atoms with van der Waals surface area (Å²) in [5.41, 5.74) is 2.96. The van der Waals surface area contributed by atoms with Crippen LogP contribution >= 0.6 is 0 Å². The zero-order chi connectivity index (χ0) is 12.4. The molecule has 0 radical (unpaired) electrons. The van der Waals surface area contributed by atoms with Gasteiger partial charge in [-0.2, -0.15) is 0 Å². The van der Waals surface area contributed by atoms with E-state index in [-0.39, 0.29) is 0 Å². The van der Waals surface area contributed by atoms with Crippen molar-refractivity contribution in [2.75, 3.05) is 0 Å². The van der Waals surface area contributed by atoms with E-state index in [0.29, 0.717) is 12.0 Å². The highest BCUT2D eigenvalue weighted by Crippen LogP contribution is 2.49. The Hall–Kier alpha value is -0.570. The SMILES string of the molecule is NNC(=NC1CCCCCC1)C(C1CC1)C1CC1. The monoisotopic (exact) mass is 249 g/mol. The van der Waals surface area contributed by atoms with E-state index in [4.69, 9.17) is 10.8 Å². The van der Waals surface area contributed by atoms with Gasteiger partial charge in [0.25, 0.3) is 0 Å². The molecule has 3 N–H and O–H groups in total. The molecule has 0 aromatic rings. The number of hydrogen-bond donors (Lipinski definition) is 2. The summed E-state index contributed by atoms with van der Waals surface area (Å²) in [6, 6.07) is 0.540. The van der Waals surface area contributed by atoms with Crippen molar-refractivity contribution in [1.82, 2.24) is 5.43 Å². The second kappa shape index (κ2) is 5.60. The predicted octanol–water partition coefficient (Wildman–Crippen LogP) is 3.01. The fraction of sp³-hybridized carbons (Fsp3) is 0.933. The molecule has 0 aromatic heterocycles. The normalized spacial score (nSPS) is 27.3. The fourth-order valence-electron chi connectivity index (χ4n) is 3.55. The average Bonchev–Trinajstić information content (AvgIpc) is 3.24. The molecule has 3 saturated carbocycles. The molecule has 0 saturated heterocycles.